The smallest absolute Gasteiger partial charge is 0.303 e. The molecule has 8 heteroatoms. The molecule has 0 aliphatic rings. The second kappa shape index (κ2) is 9.84. The molecule has 0 saturated heterocycles. The number of pyridine rings is 1. The molecule has 0 amide bonds. The summed E-state index contributed by atoms with van der Waals surface area (Å²) < 4.78 is 13.8. The minimum Gasteiger partial charge on any atom is -0.494 e. The van der Waals surface area contributed by atoms with E-state index in [9.17, 15) is 14.3 Å². The Labute approximate surface area is 196 Å². The summed E-state index contributed by atoms with van der Waals surface area (Å²) in [7, 11) is 4.00. The highest BCUT2D eigenvalue weighted by molar-refractivity contribution is 6.21. The number of carbonyl (C=O) groups is 1. The lowest BCUT2D eigenvalue weighted by Crippen LogP contribution is -2.10. The molecule has 0 aliphatic carbocycles. The number of aromatic nitrogens is 2. The quantitative estimate of drug-likeness (QED) is 0.332. The van der Waals surface area contributed by atoms with Gasteiger partial charge in [0.2, 0.25) is 0 Å². The molecule has 0 saturated carbocycles. The largest absolute Gasteiger partial charge is 0.494 e. The van der Waals surface area contributed by atoms with Crippen LogP contribution in [0.15, 0.2) is 65.8 Å². The Kier molecular flexibility index (Phi) is 6.70. The molecule has 7 nitrogen and oxygen atoms in total. The zero-order chi connectivity index (χ0) is 24.2. The van der Waals surface area contributed by atoms with E-state index in [4.69, 9.17) is 10.1 Å². The van der Waals surface area contributed by atoms with Crippen molar-refractivity contribution in [3.63, 3.8) is 0 Å². The van der Waals surface area contributed by atoms with Gasteiger partial charge in [0.1, 0.15) is 5.82 Å². The van der Waals surface area contributed by atoms with Gasteiger partial charge in [0.25, 0.3) is 0 Å². The molecule has 0 radical (unpaired) electrons. The van der Waals surface area contributed by atoms with Gasteiger partial charge in [0, 0.05) is 35.8 Å². The fraction of sp³-hybridized carbons (Fsp3) is 0.192. The third-order valence-corrected chi connectivity index (χ3v) is 5.34. The van der Waals surface area contributed by atoms with E-state index in [1.807, 2.05) is 38.4 Å². The number of fused-ring (bicyclic) bond motifs is 1. The number of carboxylic acid groups (broad SMARTS) is 1. The molecule has 0 unspecified atom stereocenters. The van der Waals surface area contributed by atoms with Gasteiger partial charge >= 0.3 is 5.97 Å². The minimum atomic E-state index is -0.907. The van der Waals surface area contributed by atoms with Gasteiger partial charge in [-0.05, 0) is 62.1 Å². The van der Waals surface area contributed by atoms with Gasteiger partial charge in [0.15, 0.2) is 5.88 Å². The maximum Gasteiger partial charge on any atom is 0.303 e. The van der Waals surface area contributed by atoms with Crippen LogP contribution in [0.1, 0.15) is 28.8 Å². The van der Waals surface area contributed by atoms with Gasteiger partial charge in [-0.15, -0.1) is 0 Å². The molecule has 174 valence electrons. The number of rotatable bonds is 8. The highest BCUT2D eigenvalue weighted by Gasteiger charge is 2.20. The summed E-state index contributed by atoms with van der Waals surface area (Å²) in [6.07, 6.45) is 1.81. The van der Waals surface area contributed by atoms with Crippen molar-refractivity contribution in [3.05, 3.63) is 89.0 Å². The Bertz CT molecular complexity index is 1360. The monoisotopic (exact) mass is 460 g/mol. The fourth-order valence-corrected chi connectivity index (χ4v) is 3.83. The van der Waals surface area contributed by atoms with Crippen LogP contribution in [0.3, 0.4) is 0 Å². The van der Waals surface area contributed by atoms with Crippen LogP contribution in [0.4, 0.5) is 10.1 Å². The second-order valence-corrected chi connectivity index (χ2v) is 8.33. The van der Waals surface area contributed by atoms with E-state index in [0.717, 1.165) is 12.1 Å². The van der Waals surface area contributed by atoms with Crippen molar-refractivity contribution in [3.8, 4) is 5.88 Å². The number of aryl methyl sites for hydroxylation is 1. The standard InChI is InChI=1S/C26H25FN4O3/c1-31(2)15-16-3-6-19(7-4-16)29-25(17-11-12-28-20(13-17)8-10-23(32)33)24-21-9-5-18(27)14-22(21)30-26(24)34/h3-7,9,11-14,30,34H,8,10,15H2,1-2H3,(H,32,33). The van der Waals surface area contributed by atoms with Crippen molar-refractivity contribution in [2.24, 2.45) is 4.99 Å². The number of nitrogens with zero attached hydrogens (tertiary/aromatic N) is 3. The molecule has 0 bridgehead atoms. The molecule has 4 aromatic rings. The molecule has 34 heavy (non-hydrogen) atoms. The molecule has 4 rings (SSSR count). The van der Waals surface area contributed by atoms with Gasteiger partial charge in [-0.25, -0.2) is 9.38 Å². The number of aliphatic imine (C=N–C) groups is 1. The number of H-pyrrole nitrogens is 1. The van der Waals surface area contributed by atoms with Crippen molar-refractivity contribution in [2.45, 2.75) is 19.4 Å². The topological polar surface area (TPSA) is 102 Å². The molecular weight excluding hydrogens is 435 g/mol. The Balaban J connectivity index is 1.84. The zero-order valence-electron chi connectivity index (χ0n) is 18.9. The van der Waals surface area contributed by atoms with Gasteiger partial charge in [0.05, 0.1) is 28.9 Å². The first-order valence-electron chi connectivity index (χ1n) is 10.8. The van der Waals surface area contributed by atoms with Crippen LogP contribution in [0, 0.1) is 5.82 Å². The number of aromatic hydroxyl groups is 1. The van der Waals surface area contributed by atoms with Crippen LogP contribution in [-0.2, 0) is 17.8 Å². The number of benzene rings is 2. The summed E-state index contributed by atoms with van der Waals surface area (Å²) in [6, 6.07) is 15.5. The summed E-state index contributed by atoms with van der Waals surface area (Å²) in [4.78, 5) is 25.0. The van der Waals surface area contributed by atoms with Crippen LogP contribution >= 0.6 is 0 Å². The van der Waals surface area contributed by atoms with E-state index in [1.165, 1.54) is 12.1 Å². The average molecular weight is 461 g/mol. The second-order valence-electron chi connectivity index (χ2n) is 8.33. The van der Waals surface area contributed by atoms with Crippen molar-refractivity contribution < 1.29 is 19.4 Å². The predicted octanol–water partition coefficient (Wildman–Crippen LogP) is 4.66. The predicted molar refractivity (Wildman–Crippen MR) is 129 cm³/mol. The summed E-state index contributed by atoms with van der Waals surface area (Å²) in [5.41, 5.74) is 4.42. The van der Waals surface area contributed by atoms with Crippen molar-refractivity contribution in [1.82, 2.24) is 14.9 Å². The lowest BCUT2D eigenvalue weighted by molar-refractivity contribution is -0.136. The maximum atomic E-state index is 13.8. The molecule has 0 atom stereocenters. The Morgan fingerprint density at radius 3 is 2.59 bits per heavy atom. The normalized spacial score (nSPS) is 11.9. The third kappa shape index (κ3) is 5.29. The van der Waals surface area contributed by atoms with Crippen LogP contribution in [0.5, 0.6) is 5.88 Å². The summed E-state index contributed by atoms with van der Waals surface area (Å²) >= 11 is 0. The lowest BCUT2D eigenvalue weighted by Gasteiger charge is -2.11. The van der Waals surface area contributed by atoms with Gasteiger partial charge in [-0.2, -0.15) is 0 Å². The highest BCUT2D eigenvalue weighted by atomic mass is 19.1. The molecule has 3 N–H and O–H groups in total. The van der Waals surface area contributed by atoms with E-state index in [1.54, 1.807) is 24.4 Å². The molecule has 2 aromatic carbocycles. The minimum absolute atomic E-state index is 0.0477. The number of hydrogen-bond donors (Lipinski definition) is 3. The number of aliphatic carboxylic acids is 1. The Morgan fingerprint density at radius 1 is 1.12 bits per heavy atom. The first-order chi connectivity index (χ1) is 16.3. The van der Waals surface area contributed by atoms with Crippen LogP contribution in [-0.4, -0.2) is 50.9 Å². The molecule has 0 aliphatic heterocycles. The van der Waals surface area contributed by atoms with Crippen LogP contribution < -0.4 is 0 Å². The van der Waals surface area contributed by atoms with E-state index in [2.05, 4.69) is 14.9 Å². The van der Waals surface area contributed by atoms with Crippen molar-refractivity contribution in [1.29, 1.82) is 0 Å². The summed E-state index contributed by atoms with van der Waals surface area (Å²) in [5, 5.41) is 20.4. The SMILES string of the molecule is CN(C)Cc1ccc(N=C(c2ccnc(CCC(=O)O)c2)c2c(O)[nH]c3cc(F)ccc23)cc1. The van der Waals surface area contributed by atoms with Crippen molar-refractivity contribution >= 4 is 28.3 Å². The zero-order valence-corrected chi connectivity index (χ0v) is 18.9. The number of aromatic amines is 1. The van der Waals surface area contributed by atoms with Gasteiger partial charge < -0.3 is 20.1 Å². The summed E-state index contributed by atoms with van der Waals surface area (Å²) in [6.45, 7) is 0.795. The number of halogens is 1. The van der Waals surface area contributed by atoms with Gasteiger partial charge in [-0.3, -0.25) is 9.78 Å². The van der Waals surface area contributed by atoms with Gasteiger partial charge in [-0.1, -0.05) is 12.1 Å². The van der Waals surface area contributed by atoms with Crippen LogP contribution in [0.2, 0.25) is 0 Å². The fourth-order valence-electron chi connectivity index (χ4n) is 3.83. The first kappa shape index (κ1) is 23.1. The molecule has 2 aromatic heterocycles. The molecular formula is C26H25FN4O3. The average Bonchev–Trinajstić information content (AvgIpc) is 3.11. The van der Waals surface area contributed by atoms with Crippen molar-refractivity contribution in [2.75, 3.05) is 14.1 Å². The van der Waals surface area contributed by atoms with E-state index in [-0.39, 0.29) is 18.7 Å². The number of hydrogen-bond acceptors (Lipinski definition) is 5. The summed E-state index contributed by atoms with van der Waals surface area (Å²) in [5.74, 6) is -1.46. The molecule has 2 heterocycles. The van der Waals surface area contributed by atoms with Crippen LogP contribution in [0.25, 0.3) is 10.9 Å². The number of carboxylic acids is 1. The Morgan fingerprint density at radius 2 is 1.88 bits per heavy atom. The molecule has 0 spiro atoms. The highest BCUT2D eigenvalue weighted by Crippen LogP contribution is 2.32. The Hall–Kier alpha value is -4.04. The number of nitrogens with one attached hydrogen (secondary N) is 1. The third-order valence-electron chi connectivity index (χ3n) is 5.34. The lowest BCUT2D eigenvalue weighted by atomic mass is 10.00. The van der Waals surface area contributed by atoms with E-state index < -0.39 is 11.8 Å². The maximum absolute atomic E-state index is 13.8. The first-order valence-corrected chi connectivity index (χ1v) is 10.8. The van der Waals surface area contributed by atoms with E-state index >= 15 is 0 Å². The van der Waals surface area contributed by atoms with E-state index in [0.29, 0.717) is 39.1 Å². The molecule has 0 fully saturated rings.